The van der Waals surface area contributed by atoms with Crippen LogP contribution in [0.2, 0.25) is 0 Å². The zero-order valence-corrected chi connectivity index (χ0v) is 10.1. The predicted octanol–water partition coefficient (Wildman–Crippen LogP) is 2.44. The molecule has 1 aromatic carbocycles. The van der Waals surface area contributed by atoms with E-state index < -0.39 is 0 Å². The molecule has 0 saturated heterocycles. The maximum absolute atomic E-state index is 8.79. The maximum Gasteiger partial charge on any atom is 0.174 e. The molecule has 0 fully saturated rings. The van der Waals surface area contributed by atoms with Crippen LogP contribution in [-0.2, 0) is 6.61 Å². The molecule has 0 bridgehead atoms. The lowest BCUT2D eigenvalue weighted by molar-refractivity contribution is 0.239. The standard InChI is InChI=1S/C13H12N2O3/c1-9-5-11(18-15-9)8-17-12-4-3-10(7-14)6-13(12)16-2/h3-6H,8H2,1-2H3. The first-order valence-corrected chi connectivity index (χ1v) is 5.36. The van der Waals surface area contributed by atoms with E-state index in [1.807, 2.05) is 13.0 Å². The molecule has 0 amide bonds. The number of benzene rings is 1. The molecule has 5 nitrogen and oxygen atoms in total. The molecule has 0 atom stereocenters. The Bertz CT molecular complexity index is 584. The third-order valence-electron chi connectivity index (χ3n) is 2.34. The van der Waals surface area contributed by atoms with Crippen LogP contribution in [0.3, 0.4) is 0 Å². The van der Waals surface area contributed by atoms with Gasteiger partial charge in [-0.15, -0.1) is 0 Å². The molecule has 0 aliphatic heterocycles. The van der Waals surface area contributed by atoms with E-state index in [0.717, 1.165) is 5.69 Å². The topological polar surface area (TPSA) is 68.3 Å². The molecular formula is C13H12N2O3. The van der Waals surface area contributed by atoms with Gasteiger partial charge < -0.3 is 14.0 Å². The van der Waals surface area contributed by atoms with Crippen LogP contribution in [0.1, 0.15) is 17.0 Å². The highest BCUT2D eigenvalue weighted by atomic mass is 16.5. The number of hydrogen-bond donors (Lipinski definition) is 0. The highest BCUT2D eigenvalue weighted by molar-refractivity contribution is 5.46. The summed E-state index contributed by atoms with van der Waals surface area (Å²) in [7, 11) is 1.53. The van der Waals surface area contributed by atoms with Gasteiger partial charge in [-0.2, -0.15) is 5.26 Å². The summed E-state index contributed by atoms with van der Waals surface area (Å²) in [5, 5.41) is 12.6. The zero-order chi connectivity index (χ0) is 13.0. The van der Waals surface area contributed by atoms with Crippen molar-refractivity contribution in [2.45, 2.75) is 13.5 Å². The number of hydrogen-bond acceptors (Lipinski definition) is 5. The molecule has 0 N–H and O–H groups in total. The Kier molecular flexibility index (Phi) is 3.49. The first-order valence-electron chi connectivity index (χ1n) is 5.36. The van der Waals surface area contributed by atoms with E-state index in [1.165, 1.54) is 7.11 Å². The third-order valence-corrected chi connectivity index (χ3v) is 2.34. The predicted molar refractivity (Wildman–Crippen MR) is 63.3 cm³/mol. The van der Waals surface area contributed by atoms with Crippen molar-refractivity contribution in [3.63, 3.8) is 0 Å². The molecule has 0 unspecified atom stereocenters. The Hall–Kier alpha value is -2.48. The molecule has 0 aliphatic carbocycles. The van der Waals surface area contributed by atoms with Gasteiger partial charge in [-0.3, -0.25) is 0 Å². The largest absolute Gasteiger partial charge is 0.493 e. The Balaban J connectivity index is 2.12. The maximum atomic E-state index is 8.79. The smallest absolute Gasteiger partial charge is 0.174 e. The van der Waals surface area contributed by atoms with Gasteiger partial charge in [0.1, 0.15) is 6.61 Å². The summed E-state index contributed by atoms with van der Waals surface area (Å²) in [4.78, 5) is 0. The highest BCUT2D eigenvalue weighted by Crippen LogP contribution is 2.28. The monoisotopic (exact) mass is 244 g/mol. The van der Waals surface area contributed by atoms with E-state index >= 15 is 0 Å². The molecule has 92 valence electrons. The summed E-state index contributed by atoms with van der Waals surface area (Å²) >= 11 is 0. The lowest BCUT2D eigenvalue weighted by Gasteiger charge is -2.09. The SMILES string of the molecule is COc1cc(C#N)ccc1OCc1cc(C)no1. The molecule has 2 aromatic rings. The van der Waals surface area contributed by atoms with Crippen LogP contribution in [0.4, 0.5) is 0 Å². The van der Waals surface area contributed by atoms with E-state index in [0.29, 0.717) is 22.8 Å². The van der Waals surface area contributed by atoms with Gasteiger partial charge in [0, 0.05) is 12.1 Å². The van der Waals surface area contributed by atoms with Gasteiger partial charge in [0.25, 0.3) is 0 Å². The van der Waals surface area contributed by atoms with E-state index in [-0.39, 0.29) is 6.61 Å². The van der Waals surface area contributed by atoms with Gasteiger partial charge in [0.15, 0.2) is 17.3 Å². The van der Waals surface area contributed by atoms with Gasteiger partial charge in [-0.05, 0) is 19.1 Å². The van der Waals surface area contributed by atoms with Crippen molar-refractivity contribution in [1.29, 1.82) is 5.26 Å². The second kappa shape index (κ2) is 5.23. The number of nitriles is 1. The van der Waals surface area contributed by atoms with Crippen LogP contribution >= 0.6 is 0 Å². The summed E-state index contributed by atoms with van der Waals surface area (Å²) in [6, 6.07) is 8.83. The average Bonchev–Trinajstić information content (AvgIpc) is 2.82. The second-order valence-electron chi connectivity index (χ2n) is 3.70. The van der Waals surface area contributed by atoms with Gasteiger partial charge in [0.05, 0.1) is 24.4 Å². The number of nitrogens with zero attached hydrogens (tertiary/aromatic N) is 2. The molecule has 1 aromatic heterocycles. The molecule has 0 radical (unpaired) electrons. The van der Waals surface area contributed by atoms with Crippen LogP contribution in [0.15, 0.2) is 28.8 Å². The Labute approximate surface area is 105 Å². The first-order chi connectivity index (χ1) is 8.72. The number of ether oxygens (including phenoxy) is 2. The van der Waals surface area contributed by atoms with Crippen molar-refractivity contribution in [3.8, 4) is 17.6 Å². The van der Waals surface area contributed by atoms with Gasteiger partial charge in [-0.25, -0.2) is 0 Å². The first kappa shape index (κ1) is 12.0. The summed E-state index contributed by atoms with van der Waals surface area (Å²) in [6.07, 6.45) is 0. The van der Waals surface area contributed by atoms with Crippen LogP contribution in [0.5, 0.6) is 11.5 Å². The lowest BCUT2D eigenvalue weighted by Crippen LogP contribution is -1.97. The van der Waals surface area contributed by atoms with E-state index in [9.17, 15) is 0 Å². The number of rotatable bonds is 4. The van der Waals surface area contributed by atoms with Crippen molar-refractivity contribution in [1.82, 2.24) is 5.16 Å². The molecule has 18 heavy (non-hydrogen) atoms. The third kappa shape index (κ3) is 2.61. The van der Waals surface area contributed by atoms with Crippen LogP contribution in [-0.4, -0.2) is 12.3 Å². The molecule has 5 heteroatoms. The fraction of sp³-hybridized carbons (Fsp3) is 0.231. The van der Waals surface area contributed by atoms with Crippen molar-refractivity contribution < 1.29 is 14.0 Å². The number of aryl methyl sites for hydroxylation is 1. The minimum Gasteiger partial charge on any atom is -0.493 e. The van der Waals surface area contributed by atoms with Crippen LogP contribution < -0.4 is 9.47 Å². The molecule has 2 rings (SSSR count). The Morgan fingerprint density at radius 3 is 2.78 bits per heavy atom. The van der Waals surface area contributed by atoms with E-state index in [2.05, 4.69) is 5.16 Å². The minimum atomic E-state index is 0.267. The summed E-state index contributed by atoms with van der Waals surface area (Å²) in [5.74, 6) is 1.72. The number of methoxy groups -OCH3 is 1. The fourth-order valence-electron chi connectivity index (χ4n) is 1.49. The summed E-state index contributed by atoms with van der Waals surface area (Å²) in [6.45, 7) is 2.11. The molecular weight excluding hydrogens is 232 g/mol. The van der Waals surface area contributed by atoms with Crippen LogP contribution in [0.25, 0.3) is 0 Å². The van der Waals surface area contributed by atoms with Gasteiger partial charge in [0.2, 0.25) is 0 Å². The molecule has 1 heterocycles. The van der Waals surface area contributed by atoms with Crippen molar-refractivity contribution in [2.24, 2.45) is 0 Å². The summed E-state index contributed by atoms with van der Waals surface area (Å²) < 4.78 is 15.8. The van der Waals surface area contributed by atoms with Crippen molar-refractivity contribution in [2.75, 3.05) is 7.11 Å². The Morgan fingerprint density at radius 2 is 2.17 bits per heavy atom. The van der Waals surface area contributed by atoms with Crippen LogP contribution in [0, 0.1) is 18.3 Å². The lowest BCUT2D eigenvalue weighted by atomic mass is 10.2. The van der Waals surface area contributed by atoms with Crippen molar-refractivity contribution >= 4 is 0 Å². The fourth-order valence-corrected chi connectivity index (χ4v) is 1.49. The van der Waals surface area contributed by atoms with Gasteiger partial charge in [-0.1, -0.05) is 5.16 Å². The molecule has 0 saturated carbocycles. The quantitative estimate of drug-likeness (QED) is 0.826. The molecule has 0 spiro atoms. The second-order valence-corrected chi connectivity index (χ2v) is 3.70. The molecule has 0 aliphatic rings. The normalized spacial score (nSPS) is 9.83. The highest BCUT2D eigenvalue weighted by Gasteiger charge is 2.07. The average molecular weight is 244 g/mol. The Morgan fingerprint density at radius 1 is 1.33 bits per heavy atom. The van der Waals surface area contributed by atoms with E-state index in [4.69, 9.17) is 19.3 Å². The van der Waals surface area contributed by atoms with Gasteiger partial charge >= 0.3 is 0 Å². The minimum absolute atomic E-state index is 0.267. The van der Waals surface area contributed by atoms with E-state index in [1.54, 1.807) is 24.3 Å². The van der Waals surface area contributed by atoms with Crippen molar-refractivity contribution in [3.05, 3.63) is 41.3 Å². The number of aromatic nitrogens is 1. The zero-order valence-electron chi connectivity index (χ0n) is 10.1. The summed E-state index contributed by atoms with van der Waals surface area (Å²) in [5.41, 5.74) is 1.33.